The highest BCUT2D eigenvalue weighted by atomic mass is 16.5. The van der Waals surface area contributed by atoms with E-state index in [2.05, 4.69) is 4.74 Å². The van der Waals surface area contributed by atoms with Gasteiger partial charge in [0.2, 0.25) is 0 Å². The molecular formula is C14H15NO3. The first-order valence-corrected chi connectivity index (χ1v) is 5.65. The van der Waals surface area contributed by atoms with Gasteiger partial charge in [0.25, 0.3) is 0 Å². The summed E-state index contributed by atoms with van der Waals surface area (Å²) in [6, 6.07) is 9.16. The fourth-order valence-electron chi connectivity index (χ4n) is 1.76. The maximum absolute atomic E-state index is 11.3. The van der Waals surface area contributed by atoms with Crippen LogP contribution in [0.5, 0.6) is 0 Å². The smallest absolute Gasteiger partial charge is 0.337 e. The number of hydrogen-bond acceptors (Lipinski definition) is 3. The number of ether oxygens (including phenoxy) is 1. The maximum Gasteiger partial charge on any atom is 0.337 e. The molecule has 0 spiro atoms. The Hall–Kier alpha value is -2.07. The van der Waals surface area contributed by atoms with E-state index in [1.165, 1.54) is 7.11 Å². The third kappa shape index (κ3) is 2.78. The summed E-state index contributed by atoms with van der Waals surface area (Å²) < 4.78 is 6.63. The lowest BCUT2D eigenvalue weighted by molar-refractivity contribution is 0.0600. The van der Waals surface area contributed by atoms with Crippen LogP contribution in [0.4, 0.5) is 0 Å². The minimum absolute atomic E-state index is 0.0499. The maximum atomic E-state index is 11.3. The van der Waals surface area contributed by atoms with E-state index in [0.717, 1.165) is 11.1 Å². The molecule has 0 fully saturated rings. The van der Waals surface area contributed by atoms with Gasteiger partial charge >= 0.3 is 5.97 Å². The monoisotopic (exact) mass is 245 g/mol. The summed E-state index contributed by atoms with van der Waals surface area (Å²) in [5.41, 5.74) is 2.52. The van der Waals surface area contributed by atoms with Crippen LogP contribution < -0.4 is 0 Å². The number of methoxy groups -OCH3 is 1. The number of benzene rings is 1. The predicted octanol–water partition coefficient (Wildman–Crippen LogP) is 1.82. The molecule has 0 aliphatic heterocycles. The SMILES string of the molecule is COC(=O)c1ccc(Cn2ccc(CO)c2)cc1. The number of carbonyl (C=O) groups is 1. The molecule has 0 aliphatic rings. The third-order valence-corrected chi connectivity index (χ3v) is 2.73. The molecule has 0 saturated carbocycles. The molecule has 4 nitrogen and oxygen atoms in total. The van der Waals surface area contributed by atoms with Gasteiger partial charge in [-0.3, -0.25) is 0 Å². The molecule has 1 aromatic heterocycles. The van der Waals surface area contributed by atoms with Crippen LogP contribution in [-0.4, -0.2) is 22.8 Å². The standard InChI is InChI=1S/C14H15NO3/c1-18-14(17)13-4-2-11(3-5-13)8-15-7-6-12(9-15)10-16/h2-7,9,16H,8,10H2,1H3. The number of rotatable bonds is 4. The lowest BCUT2D eigenvalue weighted by atomic mass is 10.1. The van der Waals surface area contributed by atoms with Gasteiger partial charge in [0.05, 0.1) is 19.3 Å². The van der Waals surface area contributed by atoms with E-state index in [1.54, 1.807) is 12.1 Å². The van der Waals surface area contributed by atoms with E-state index in [9.17, 15) is 4.79 Å². The molecule has 0 aliphatic carbocycles. The zero-order chi connectivity index (χ0) is 13.0. The van der Waals surface area contributed by atoms with E-state index < -0.39 is 0 Å². The molecule has 0 bridgehead atoms. The van der Waals surface area contributed by atoms with E-state index in [-0.39, 0.29) is 12.6 Å². The number of aliphatic hydroxyl groups is 1. The molecule has 0 amide bonds. The molecule has 0 radical (unpaired) electrons. The van der Waals surface area contributed by atoms with Crippen LogP contribution >= 0.6 is 0 Å². The summed E-state index contributed by atoms with van der Waals surface area (Å²) in [7, 11) is 1.37. The van der Waals surface area contributed by atoms with Gasteiger partial charge in [-0.25, -0.2) is 4.79 Å². The van der Waals surface area contributed by atoms with E-state index >= 15 is 0 Å². The van der Waals surface area contributed by atoms with Crippen LogP contribution in [0.2, 0.25) is 0 Å². The van der Waals surface area contributed by atoms with Crippen LogP contribution in [-0.2, 0) is 17.9 Å². The van der Waals surface area contributed by atoms with E-state index in [0.29, 0.717) is 12.1 Å². The summed E-state index contributed by atoms with van der Waals surface area (Å²) in [5.74, 6) is -0.329. The normalized spacial score (nSPS) is 10.3. The van der Waals surface area contributed by atoms with Crippen LogP contribution in [0.15, 0.2) is 42.7 Å². The van der Waals surface area contributed by atoms with Crippen LogP contribution in [0.1, 0.15) is 21.5 Å². The Labute approximate surface area is 105 Å². The molecule has 1 N–H and O–H groups in total. The summed E-state index contributed by atoms with van der Waals surface area (Å²) in [6.07, 6.45) is 3.81. The zero-order valence-corrected chi connectivity index (χ0v) is 10.2. The van der Waals surface area contributed by atoms with Crippen molar-refractivity contribution in [3.63, 3.8) is 0 Å². The van der Waals surface area contributed by atoms with Gasteiger partial charge in [-0.15, -0.1) is 0 Å². The molecule has 1 aromatic carbocycles. The van der Waals surface area contributed by atoms with Gasteiger partial charge in [0, 0.05) is 18.9 Å². The molecule has 0 unspecified atom stereocenters. The van der Waals surface area contributed by atoms with Crippen molar-refractivity contribution in [3.05, 3.63) is 59.4 Å². The fraction of sp³-hybridized carbons (Fsp3) is 0.214. The highest BCUT2D eigenvalue weighted by Gasteiger charge is 2.04. The molecule has 4 heteroatoms. The van der Waals surface area contributed by atoms with Crippen molar-refractivity contribution in [1.82, 2.24) is 4.57 Å². The lowest BCUT2D eigenvalue weighted by Gasteiger charge is -2.04. The van der Waals surface area contributed by atoms with Gasteiger partial charge in [0.15, 0.2) is 0 Å². The first-order chi connectivity index (χ1) is 8.72. The minimum Gasteiger partial charge on any atom is -0.465 e. The predicted molar refractivity (Wildman–Crippen MR) is 67.2 cm³/mol. The highest BCUT2D eigenvalue weighted by Crippen LogP contribution is 2.09. The summed E-state index contributed by atoms with van der Waals surface area (Å²) >= 11 is 0. The first-order valence-electron chi connectivity index (χ1n) is 5.65. The molecule has 0 saturated heterocycles. The molecule has 94 valence electrons. The van der Waals surface area contributed by atoms with Gasteiger partial charge in [-0.05, 0) is 29.3 Å². The fourth-order valence-corrected chi connectivity index (χ4v) is 1.76. The molecule has 18 heavy (non-hydrogen) atoms. The Morgan fingerprint density at radius 2 is 1.94 bits per heavy atom. The average molecular weight is 245 g/mol. The topological polar surface area (TPSA) is 51.5 Å². The number of esters is 1. The van der Waals surface area contributed by atoms with Gasteiger partial charge in [-0.1, -0.05) is 12.1 Å². The Bertz CT molecular complexity index is 528. The summed E-state index contributed by atoms with van der Waals surface area (Å²) in [6.45, 7) is 0.760. The Kier molecular flexibility index (Phi) is 3.79. The number of nitrogens with zero attached hydrogens (tertiary/aromatic N) is 1. The van der Waals surface area contributed by atoms with Crippen LogP contribution in [0, 0.1) is 0 Å². The number of aliphatic hydroxyl groups excluding tert-OH is 1. The van der Waals surface area contributed by atoms with Gasteiger partial charge < -0.3 is 14.4 Å². The first kappa shape index (κ1) is 12.4. The van der Waals surface area contributed by atoms with Crippen LogP contribution in [0.25, 0.3) is 0 Å². The number of hydrogen-bond donors (Lipinski definition) is 1. The van der Waals surface area contributed by atoms with Crippen LogP contribution in [0.3, 0.4) is 0 Å². The average Bonchev–Trinajstić information content (AvgIpc) is 2.86. The van der Waals surface area contributed by atoms with E-state index in [1.807, 2.05) is 35.2 Å². The van der Waals surface area contributed by atoms with Crippen molar-refractivity contribution in [1.29, 1.82) is 0 Å². The Morgan fingerprint density at radius 1 is 1.22 bits per heavy atom. The van der Waals surface area contributed by atoms with Crippen molar-refractivity contribution < 1.29 is 14.6 Å². The molecule has 1 heterocycles. The summed E-state index contributed by atoms with van der Waals surface area (Å²) in [4.78, 5) is 11.3. The second-order valence-electron chi connectivity index (χ2n) is 4.04. The van der Waals surface area contributed by atoms with Gasteiger partial charge in [0.1, 0.15) is 0 Å². The van der Waals surface area contributed by atoms with Crippen molar-refractivity contribution >= 4 is 5.97 Å². The second kappa shape index (κ2) is 5.51. The quantitative estimate of drug-likeness (QED) is 0.836. The van der Waals surface area contributed by atoms with Crippen molar-refractivity contribution in [3.8, 4) is 0 Å². The Balaban J connectivity index is 2.08. The molecule has 2 rings (SSSR count). The largest absolute Gasteiger partial charge is 0.465 e. The molecular weight excluding hydrogens is 230 g/mol. The highest BCUT2D eigenvalue weighted by molar-refractivity contribution is 5.89. The third-order valence-electron chi connectivity index (χ3n) is 2.73. The molecule has 0 atom stereocenters. The lowest BCUT2D eigenvalue weighted by Crippen LogP contribution is -2.02. The van der Waals surface area contributed by atoms with Gasteiger partial charge in [-0.2, -0.15) is 0 Å². The number of aromatic nitrogens is 1. The molecule has 2 aromatic rings. The summed E-state index contributed by atoms with van der Waals surface area (Å²) in [5, 5.41) is 8.98. The van der Waals surface area contributed by atoms with Crippen molar-refractivity contribution in [2.45, 2.75) is 13.2 Å². The minimum atomic E-state index is -0.329. The van der Waals surface area contributed by atoms with Crippen molar-refractivity contribution in [2.24, 2.45) is 0 Å². The Morgan fingerprint density at radius 3 is 2.50 bits per heavy atom. The van der Waals surface area contributed by atoms with Crippen molar-refractivity contribution in [2.75, 3.05) is 7.11 Å². The van der Waals surface area contributed by atoms with E-state index in [4.69, 9.17) is 5.11 Å². The number of carbonyl (C=O) groups excluding carboxylic acids is 1. The second-order valence-corrected chi connectivity index (χ2v) is 4.04. The zero-order valence-electron chi connectivity index (χ0n) is 10.2.